The summed E-state index contributed by atoms with van der Waals surface area (Å²) in [7, 11) is 3.38. The summed E-state index contributed by atoms with van der Waals surface area (Å²) < 4.78 is 10.7. The Kier molecular flexibility index (Phi) is 5.56. The molecule has 1 atom stereocenters. The molecule has 0 radical (unpaired) electrons. The van der Waals surface area contributed by atoms with E-state index in [4.69, 9.17) is 9.47 Å². The van der Waals surface area contributed by atoms with Crippen LogP contribution in [0.2, 0.25) is 0 Å². The van der Waals surface area contributed by atoms with Crippen LogP contribution in [0.4, 0.5) is 5.69 Å². The molecule has 0 unspecified atom stereocenters. The summed E-state index contributed by atoms with van der Waals surface area (Å²) in [6.45, 7) is 2.32. The smallest absolute Gasteiger partial charge is 0.251 e. The van der Waals surface area contributed by atoms with Gasteiger partial charge in [-0.3, -0.25) is 4.79 Å². The molecule has 0 aliphatic carbocycles. The lowest BCUT2D eigenvalue weighted by atomic mass is 10.1. The summed E-state index contributed by atoms with van der Waals surface area (Å²) in [5.74, 6) is 0.688. The van der Waals surface area contributed by atoms with Crippen LogP contribution in [0.5, 0.6) is 5.75 Å². The van der Waals surface area contributed by atoms with Crippen molar-refractivity contribution in [2.45, 2.75) is 19.1 Å². The third-order valence-electron chi connectivity index (χ3n) is 4.60. The second kappa shape index (κ2) is 8.03. The van der Waals surface area contributed by atoms with Crippen LogP contribution in [-0.2, 0) is 11.3 Å². The highest BCUT2D eigenvalue weighted by molar-refractivity contribution is 5.94. The number of anilines is 1. The van der Waals surface area contributed by atoms with E-state index in [1.54, 1.807) is 14.2 Å². The first-order valence-electron chi connectivity index (χ1n) is 8.49. The van der Waals surface area contributed by atoms with Crippen molar-refractivity contribution < 1.29 is 14.3 Å². The molecule has 5 heteroatoms. The van der Waals surface area contributed by atoms with Crippen LogP contribution in [0, 0.1) is 0 Å². The van der Waals surface area contributed by atoms with Gasteiger partial charge in [0, 0.05) is 43.6 Å². The Balaban J connectivity index is 1.59. The molecule has 3 rings (SSSR count). The van der Waals surface area contributed by atoms with Gasteiger partial charge in [-0.25, -0.2) is 0 Å². The molecule has 1 heterocycles. The lowest BCUT2D eigenvalue weighted by Crippen LogP contribution is -2.24. The molecule has 1 fully saturated rings. The number of nitrogens with zero attached hydrogens (tertiary/aromatic N) is 1. The minimum absolute atomic E-state index is 0.0892. The summed E-state index contributed by atoms with van der Waals surface area (Å²) in [6, 6.07) is 15.4. The first-order chi connectivity index (χ1) is 12.2. The van der Waals surface area contributed by atoms with E-state index in [9.17, 15) is 4.79 Å². The Labute approximate surface area is 148 Å². The number of hydrogen-bond acceptors (Lipinski definition) is 4. The van der Waals surface area contributed by atoms with E-state index in [1.807, 2.05) is 48.5 Å². The van der Waals surface area contributed by atoms with E-state index in [0.717, 1.165) is 36.5 Å². The highest BCUT2D eigenvalue weighted by atomic mass is 16.5. The fourth-order valence-corrected chi connectivity index (χ4v) is 3.11. The van der Waals surface area contributed by atoms with Gasteiger partial charge in [0.15, 0.2) is 0 Å². The summed E-state index contributed by atoms with van der Waals surface area (Å²) in [5.41, 5.74) is 2.74. The molecule has 0 saturated carbocycles. The van der Waals surface area contributed by atoms with Crippen LogP contribution in [0.1, 0.15) is 22.3 Å². The third kappa shape index (κ3) is 4.12. The summed E-state index contributed by atoms with van der Waals surface area (Å²) in [6.07, 6.45) is 1.33. The summed E-state index contributed by atoms with van der Waals surface area (Å²) >= 11 is 0. The van der Waals surface area contributed by atoms with Gasteiger partial charge in [-0.05, 0) is 36.8 Å². The van der Waals surface area contributed by atoms with E-state index in [-0.39, 0.29) is 5.91 Å². The number of ether oxygens (including phenoxy) is 2. The Morgan fingerprint density at radius 2 is 1.92 bits per heavy atom. The maximum atomic E-state index is 12.4. The van der Waals surface area contributed by atoms with Gasteiger partial charge in [0.05, 0.1) is 13.2 Å². The number of carbonyl (C=O) groups excluding carboxylic acids is 1. The Hall–Kier alpha value is -2.53. The van der Waals surface area contributed by atoms with E-state index in [2.05, 4.69) is 10.2 Å². The highest BCUT2D eigenvalue weighted by Gasteiger charge is 2.22. The van der Waals surface area contributed by atoms with Crippen molar-refractivity contribution in [1.29, 1.82) is 0 Å². The van der Waals surface area contributed by atoms with Crippen molar-refractivity contribution in [3.63, 3.8) is 0 Å². The third-order valence-corrected chi connectivity index (χ3v) is 4.60. The molecular formula is C20H24N2O3. The number of para-hydroxylation sites is 1. The molecule has 2 aromatic carbocycles. The molecule has 1 amide bonds. The maximum absolute atomic E-state index is 12.4. The number of methoxy groups -OCH3 is 2. The largest absolute Gasteiger partial charge is 0.496 e. The Morgan fingerprint density at radius 1 is 1.16 bits per heavy atom. The summed E-state index contributed by atoms with van der Waals surface area (Å²) in [5, 5.41) is 2.94. The molecule has 1 N–H and O–H groups in total. The molecule has 25 heavy (non-hydrogen) atoms. The zero-order valence-electron chi connectivity index (χ0n) is 14.7. The van der Waals surface area contributed by atoms with Crippen LogP contribution in [-0.4, -0.2) is 39.3 Å². The molecule has 5 nitrogen and oxygen atoms in total. The second-order valence-corrected chi connectivity index (χ2v) is 6.13. The van der Waals surface area contributed by atoms with Crippen LogP contribution in [0.15, 0.2) is 48.5 Å². The second-order valence-electron chi connectivity index (χ2n) is 6.13. The maximum Gasteiger partial charge on any atom is 0.251 e. The summed E-state index contributed by atoms with van der Waals surface area (Å²) in [4.78, 5) is 14.6. The van der Waals surface area contributed by atoms with Crippen molar-refractivity contribution in [2.24, 2.45) is 0 Å². The number of rotatable bonds is 6. The van der Waals surface area contributed by atoms with Gasteiger partial charge in [0.25, 0.3) is 5.91 Å². The van der Waals surface area contributed by atoms with Gasteiger partial charge < -0.3 is 19.7 Å². The van der Waals surface area contributed by atoms with Crippen molar-refractivity contribution in [3.8, 4) is 5.75 Å². The molecule has 1 aliphatic rings. The van der Waals surface area contributed by atoms with Crippen molar-refractivity contribution in [1.82, 2.24) is 5.32 Å². The van der Waals surface area contributed by atoms with Gasteiger partial charge in [0.2, 0.25) is 0 Å². The molecule has 0 aromatic heterocycles. The lowest BCUT2D eigenvalue weighted by Gasteiger charge is -2.18. The van der Waals surface area contributed by atoms with Crippen LogP contribution >= 0.6 is 0 Å². The minimum Gasteiger partial charge on any atom is -0.496 e. The number of benzene rings is 2. The van der Waals surface area contributed by atoms with Gasteiger partial charge in [-0.15, -0.1) is 0 Å². The van der Waals surface area contributed by atoms with E-state index < -0.39 is 0 Å². The molecule has 1 saturated heterocycles. The molecule has 2 aromatic rings. The number of hydrogen-bond donors (Lipinski definition) is 1. The van der Waals surface area contributed by atoms with Crippen LogP contribution in [0.3, 0.4) is 0 Å². The van der Waals surface area contributed by atoms with Crippen LogP contribution < -0.4 is 15.0 Å². The van der Waals surface area contributed by atoms with Gasteiger partial charge in [-0.2, -0.15) is 0 Å². The van der Waals surface area contributed by atoms with E-state index in [1.165, 1.54) is 0 Å². The molecule has 0 spiro atoms. The fourth-order valence-electron chi connectivity index (χ4n) is 3.11. The normalized spacial score (nSPS) is 16.7. The fraction of sp³-hybridized carbons (Fsp3) is 0.350. The van der Waals surface area contributed by atoms with Crippen LogP contribution in [0.25, 0.3) is 0 Å². The SMILES string of the molecule is COc1ccccc1CNC(=O)c1ccc(N2CC[C@H](OC)C2)cc1. The standard InChI is InChI=1S/C20H24N2O3/c1-24-18-11-12-22(14-18)17-9-7-15(8-10-17)20(23)21-13-16-5-3-4-6-19(16)25-2/h3-10,18H,11-14H2,1-2H3,(H,21,23)/t18-/m0/s1. The molecule has 0 bridgehead atoms. The molecule has 1 aliphatic heterocycles. The van der Waals surface area contributed by atoms with E-state index >= 15 is 0 Å². The number of carbonyl (C=O) groups is 1. The lowest BCUT2D eigenvalue weighted by molar-refractivity contribution is 0.0950. The predicted octanol–water partition coefficient (Wildman–Crippen LogP) is 2.85. The number of amides is 1. The number of nitrogens with one attached hydrogen (secondary N) is 1. The zero-order chi connectivity index (χ0) is 17.6. The average Bonchev–Trinajstić information content (AvgIpc) is 3.15. The highest BCUT2D eigenvalue weighted by Crippen LogP contribution is 2.22. The van der Waals surface area contributed by atoms with Crippen molar-refractivity contribution in [3.05, 3.63) is 59.7 Å². The van der Waals surface area contributed by atoms with E-state index in [0.29, 0.717) is 18.2 Å². The van der Waals surface area contributed by atoms with Crippen molar-refractivity contribution >= 4 is 11.6 Å². The first-order valence-corrected chi connectivity index (χ1v) is 8.49. The Morgan fingerprint density at radius 3 is 2.60 bits per heavy atom. The molecular weight excluding hydrogens is 316 g/mol. The zero-order valence-corrected chi connectivity index (χ0v) is 14.7. The molecule has 132 valence electrons. The predicted molar refractivity (Wildman–Crippen MR) is 98.2 cm³/mol. The average molecular weight is 340 g/mol. The van der Waals surface area contributed by atoms with Gasteiger partial charge >= 0.3 is 0 Å². The first kappa shape index (κ1) is 17.3. The van der Waals surface area contributed by atoms with Gasteiger partial charge in [0.1, 0.15) is 5.75 Å². The monoisotopic (exact) mass is 340 g/mol. The Bertz CT molecular complexity index is 715. The van der Waals surface area contributed by atoms with Gasteiger partial charge in [-0.1, -0.05) is 18.2 Å². The quantitative estimate of drug-likeness (QED) is 0.878. The van der Waals surface area contributed by atoms with Crippen molar-refractivity contribution in [2.75, 3.05) is 32.2 Å². The minimum atomic E-state index is -0.0892. The topological polar surface area (TPSA) is 50.8 Å².